The summed E-state index contributed by atoms with van der Waals surface area (Å²) in [6.45, 7) is 6.21. The SMILES string of the molecule is CC(=NCC(=O)O)C(=O)OC(C)(C)C. The maximum absolute atomic E-state index is 11.2. The molecule has 0 saturated carbocycles. The van der Waals surface area contributed by atoms with Crippen LogP contribution in [0, 0.1) is 0 Å². The molecule has 14 heavy (non-hydrogen) atoms. The summed E-state index contributed by atoms with van der Waals surface area (Å²) in [5, 5.41) is 8.32. The van der Waals surface area contributed by atoms with Gasteiger partial charge < -0.3 is 9.84 Å². The predicted molar refractivity (Wildman–Crippen MR) is 51.5 cm³/mol. The number of hydrogen-bond donors (Lipinski definition) is 1. The molecule has 0 aromatic rings. The molecule has 0 fully saturated rings. The highest BCUT2D eigenvalue weighted by molar-refractivity contribution is 6.35. The molecule has 0 aromatic heterocycles. The number of esters is 1. The lowest BCUT2D eigenvalue weighted by Gasteiger charge is -2.19. The highest BCUT2D eigenvalue weighted by atomic mass is 16.6. The van der Waals surface area contributed by atoms with Gasteiger partial charge in [0.05, 0.1) is 0 Å². The summed E-state index contributed by atoms with van der Waals surface area (Å²) in [7, 11) is 0. The van der Waals surface area contributed by atoms with Gasteiger partial charge in [-0.3, -0.25) is 9.79 Å². The Morgan fingerprint density at radius 2 is 1.86 bits per heavy atom. The quantitative estimate of drug-likeness (QED) is 0.543. The molecular formula is C9H15NO4. The molecule has 0 aromatic carbocycles. The van der Waals surface area contributed by atoms with Crippen LogP contribution in [0.25, 0.3) is 0 Å². The van der Waals surface area contributed by atoms with Gasteiger partial charge in [-0.05, 0) is 27.7 Å². The van der Waals surface area contributed by atoms with Gasteiger partial charge in [0.15, 0.2) is 0 Å². The number of nitrogens with zero attached hydrogens (tertiary/aromatic N) is 1. The Morgan fingerprint density at radius 3 is 2.21 bits per heavy atom. The van der Waals surface area contributed by atoms with Crippen LogP contribution < -0.4 is 0 Å². The Balaban J connectivity index is 4.26. The molecule has 0 radical (unpaired) electrons. The van der Waals surface area contributed by atoms with E-state index in [1.165, 1.54) is 6.92 Å². The molecule has 0 atom stereocenters. The number of aliphatic imine (C=N–C) groups is 1. The molecule has 0 aliphatic carbocycles. The van der Waals surface area contributed by atoms with Gasteiger partial charge in [0, 0.05) is 0 Å². The van der Waals surface area contributed by atoms with Gasteiger partial charge in [0.25, 0.3) is 0 Å². The number of carbonyl (C=O) groups is 2. The van der Waals surface area contributed by atoms with E-state index in [0.29, 0.717) is 0 Å². The van der Waals surface area contributed by atoms with Crippen molar-refractivity contribution in [2.24, 2.45) is 4.99 Å². The Labute approximate surface area is 82.8 Å². The van der Waals surface area contributed by atoms with Gasteiger partial charge in [0.1, 0.15) is 17.9 Å². The zero-order valence-corrected chi connectivity index (χ0v) is 8.83. The van der Waals surface area contributed by atoms with Gasteiger partial charge in [-0.15, -0.1) is 0 Å². The fraction of sp³-hybridized carbons (Fsp3) is 0.667. The van der Waals surface area contributed by atoms with Crippen molar-refractivity contribution in [1.29, 1.82) is 0 Å². The Bertz CT molecular complexity index is 262. The zero-order valence-electron chi connectivity index (χ0n) is 8.83. The lowest BCUT2D eigenvalue weighted by molar-refractivity contribution is -0.146. The van der Waals surface area contributed by atoms with Crippen LogP contribution in [-0.4, -0.2) is 34.9 Å². The minimum atomic E-state index is -1.08. The number of aliphatic carboxylic acids is 1. The van der Waals surface area contributed by atoms with Crippen LogP contribution in [0.3, 0.4) is 0 Å². The molecule has 0 spiro atoms. The first kappa shape index (κ1) is 12.6. The molecule has 0 saturated heterocycles. The second-order valence-electron chi connectivity index (χ2n) is 3.80. The minimum Gasteiger partial charge on any atom is -0.480 e. The normalized spacial score (nSPS) is 12.4. The average molecular weight is 201 g/mol. The molecule has 0 unspecified atom stereocenters. The predicted octanol–water partition coefficient (Wildman–Crippen LogP) is 0.874. The number of carbonyl (C=O) groups excluding carboxylic acids is 1. The smallest absolute Gasteiger partial charge is 0.352 e. The summed E-state index contributed by atoms with van der Waals surface area (Å²) in [6.07, 6.45) is 0. The summed E-state index contributed by atoms with van der Waals surface area (Å²) >= 11 is 0. The topological polar surface area (TPSA) is 76.0 Å². The van der Waals surface area contributed by atoms with Crippen molar-refractivity contribution in [3.05, 3.63) is 0 Å². The minimum absolute atomic E-state index is 0.0716. The van der Waals surface area contributed by atoms with Crippen molar-refractivity contribution in [3.8, 4) is 0 Å². The third-order valence-corrected chi connectivity index (χ3v) is 1.15. The standard InChI is InChI=1S/C9H15NO4/c1-6(10-5-7(11)12)8(13)14-9(2,3)4/h5H2,1-4H3,(H,11,12). The molecule has 0 heterocycles. The van der Waals surface area contributed by atoms with E-state index >= 15 is 0 Å². The Kier molecular flexibility index (Phi) is 4.27. The first-order chi connectivity index (χ1) is 6.22. The highest BCUT2D eigenvalue weighted by Gasteiger charge is 2.18. The maximum atomic E-state index is 11.2. The number of ether oxygens (including phenoxy) is 1. The van der Waals surface area contributed by atoms with Crippen molar-refractivity contribution in [3.63, 3.8) is 0 Å². The Hall–Kier alpha value is -1.39. The number of hydrogen-bond acceptors (Lipinski definition) is 4. The van der Waals surface area contributed by atoms with Crippen molar-refractivity contribution < 1.29 is 19.4 Å². The van der Waals surface area contributed by atoms with Crippen molar-refractivity contribution in [1.82, 2.24) is 0 Å². The molecule has 0 bridgehead atoms. The molecule has 0 aliphatic heterocycles. The van der Waals surface area contributed by atoms with Crippen LogP contribution in [0.15, 0.2) is 4.99 Å². The van der Waals surface area contributed by atoms with E-state index in [4.69, 9.17) is 9.84 Å². The molecule has 0 aliphatic rings. The lowest BCUT2D eigenvalue weighted by Crippen LogP contribution is -2.28. The summed E-state index contributed by atoms with van der Waals surface area (Å²) < 4.78 is 4.97. The van der Waals surface area contributed by atoms with Crippen LogP contribution >= 0.6 is 0 Å². The Morgan fingerprint density at radius 1 is 1.36 bits per heavy atom. The van der Waals surface area contributed by atoms with E-state index in [1.54, 1.807) is 20.8 Å². The fourth-order valence-electron chi connectivity index (χ4n) is 0.603. The van der Waals surface area contributed by atoms with E-state index in [-0.39, 0.29) is 5.71 Å². The average Bonchev–Trinajstić information content (AvgIpc) is 1.96. The van der Waals surface area contributed by atoms with Gasteiger partial charge in [-0.2, -0.15) is 0 Å². The maximum Gasteiger partial charge on any atom is 0.352 e. The van der Waals surface area contributed by atoms with Crippen molar-refractivity contribution in [2.45, 2.75) is 33.3 Å². The zero-order chi connectivity index (χ0) is 11.4. The fourth-order valence-corrected chi connectivity index (χ4v) is 0.603. The van der Waals surface area contributed by atoms with Crippen LogP contribution in [0.5, 0.6) is 0 Å². The number of carboxylic acids is 1. The second kappa shape index (κ2) is 4.74. The van der Waals surface area contributed by atoms with E-state index < -0.39 is 24.1 Å². The molecule has 1 N–H and O–H groups in total. The summed E-state index contributed by atoms with van der Waals surface area (Å²) in [4.78, 5) is 24.9. The van der Waals surface area contributed by atoms with Crippen LogP contribution in [0.4, 0.5) is 0 Å². The number of rotatable bonds is 3. The van der Waals surface area contributed by atoms with Gasteiger partial charge in [-0.1, -0.05) is 0 Å². The first-order valence-electron chi connectivity index (χ1n) is 4.18. The van der Waals surface area contributed by atoms with Gasteiger partial charge in [-0.25, -0.2) is 4.79 Å². The van der Waals surface area contributed by atoms with Crippen LogP contribution in [-0.2, 0) is 14.3 Å². The highest BCUT2D eigenvalue weighted by Crippen LogP contribution is 2.07. The van der Waals surface area contributed by atoms with Gasteiger partial charge in [0.2, 0.25) is 0 Å². The monoisotopic (exact) mass is 201 g/mol. The van der Waals surface area contributed by atoms with Gasteiger partial charge >= 0.3 is 11.9 Å². The van der Waals surface area contributed by atoms with Crippen molar-refractivity contribution in [2.75, 3.05) is 6.54 Å². The summed E-state index contributed by atoms with van der Waals surface area (Å²) in [5.74, 6) is -1.66. The van der Waals surface area contributed by atoms with E-state index in [9.17, 15) is 9.59 Å². The van der Waals surface area contributed by atoms with Crippen LogP contribution in [0.1, 0.15) is 27.7 Å². The third kappa shape index (κ3) is 6.16. The molecule has 5 nitrogen and oxygen atoms in total. The molecular weight excluding hydrogens is 186 g/mol. The molecule has 80 valence electrons. The second-order valence-corrected chi connectivity index (χ2v) is 3.80. The van der Waals surface area contributed by atoms with E-state index in [2.05, 4.69) is 4.99 Å². The lowest BCUT2D eigenvalue weighted by atomic mass is 10.2. The van der Waals surface area contributed by atoms with Crippen molar-refractivity contribution >= 4 is 17.7 Å². The molecule has 0 rings (SSSR count). The molecule has 0 amide bonds. The number of carboxylic acid groups (broad SMARTS) is 1. The summed E-state index contributed by atoms with van der Waals surface area (Å²) in [6, 6.07) is 0. The van der Waals surface area contributed by atoms with E-state index in [0.717, 1.165) is 0 Å². The van der Waals surface area contributed by atoms with E-state index in [1.807, 2.05) is 0 Å². The largest absolute Gasteiger partial charge is 0.480 e. The first-order valence-corrected chi connectivity index (χ1v) is 4.18. The summed E-state index contributed by atoms with van der Waals surface area (Å²) in [5.41, 5.74) is -0.515. The van der Waals surface area contributed by atoms with Crippen LogP contribution in [0.2, 0.25) is 0 Å². The molecule has 5 heteroatoms. The third-order valence-electron chi connectivity index (χ3n) is 1.15.